The van der Waals surface area contributed by atoms with E-state index in [2.05, 4.69) is 5.32 Å². The molecule has 3 aliphatic heterocycles. The second-order valence-corrected chi connectivity index (χ2v) is 10.2. The molecule has 0 saturated carbocycles. The molecule has 0 unspecified atom stereocenters. The standard InChI is InChI=1S/C30H21N3O6S/c1-2-37-29(36)23-24(16-8-4-3-5-9-16)32-30-33(25(23)17-12-13-20-21(14-17)39-15-38-20)28(35)26(40-30)22-18-10-6-7-11-19(18)31-27(22)34/h3-14,25H,2,15H2,1H3,(H,31,34)/t25-/m0/s1. The van der Waals surface area contributed by atoms with Crippen molar-refractivity contribution in [1.82, 2.24) is 4.57 Å². The second-order valence-electron chi connectivity index (χ2n) is 9.24. The predicted molar refractivity (Wildman–Crippen MR) is 148 cm³/mol. The Morgan fingerprint density at radius 1 is 1.05 bits per heavy atom. The van der Waals surface area contributed by atoms with E-state index < -0.39 is 17.6 Å². The molecule has 0 saturated heterocycles. The van der Waals surface area contributed by atoms with Gasteiger partial charge in [-0.15, -0.1) is 0 Å². The Morgan fingerprint density at radius 2 is 1.82 bits per heavy atom. The van der Waals surface area contributed by atoms with E-state index >= 15 is 0 Å². The van der Waals surface area contributed by atoms with E-state index in [0.29, 0.717) is 44.4 Å². The van der Waals surface area contributed by atoms with Gasteiger partial charge in [-0.1, -0.05) is 65.9 Å². The maximum Gasteiger partial charge on any atom is 0.338 e. The van der Waals surface area contributed by atoms with Crippen LogP contribution < -0.4 is 29.7 Å². The van der Waals surface area contributed by atoms with Crippen LogP contribution in [0.4, 0.5) is 5.69 Å². The van der Waals surface area contributed by atoms with Gasteiger partial charge in [-0.25, -0.2) is 9.79 Å². The SMILES string of the molecule is CCOC(=O)C1=C(c2ccccc2)N=c2sc(=C3C(=O)Nc4ccccc43)c(=O)n2[C@H]1c1ccc2c(c1)OCO2. The van der Waals surface area contributed by atoms with E-state index in [1.165, 1.54) is 4.57 Å². The second kappa shape index (κ2) is 9.35. The first-order valence-electron chi connectivity index (χ1n) is 12.7. The summed E-state index contributed by atoms with van der Waals surface area (Å²) in [6, 6.07) is 20.9. The quantitative estimate of drug-likeness (QED) is 0.391. The Morgan fingerprint density at radius 3 is 2.65 bits per heavy atom. The summed E-state index contributed by atoms with van der Waals surface area (Å²) in [6.45, 7) is 1.95. The van der Waals surface area contributed by atoms with Gasteiger partial charge in [0.25, 0.3) is 11.5 Å². The number of thiazole rings is 1. The zero-order valence-electron chi connectivity index (χ0n) is 21.2. The lowest BCUT2D eigenvalue weighted by Gasteiger charge is -2.26. The lowest BCUT2D eigenvalue weighted by atomic mass is 9.93. The Kier molecular flexibility index (Phi) is 5.64. The molecule has 4 aromatic rings. The fourth-order valence-electron chi connectivity index (χ4n) is 5.23. The number of benzene rings is 3. The van der Waals surface area contributed by atoms with Gasteiger partial charge in [0.2, 0.25) is 6.79 Å². The van der Waals surface area contributed by atoms with Gasteiger partial charge in [-0.2, -0.15) is 0 Å². The minimum absolute atomic E-state index is 0.0786. The fourth-order valence-corrected chi connectivity index (χ4v) is 6.33. The largest absolute Gasteiger partial charge is 0.463 e. The first-order chi connectivity index (χ1) is 19.5. The number of nitrogens with zero attached hydrogens (tertiary/aromatic N) is 2. The molecule has 0 fully saturated rings. The highest BCUT2D eigenvalue weighted by Crippen LogP contribution is 2.40. The van der Waals surface area contributed by atoms with Crippen LogP contribution in [-0.4, -0.2) is 29.8 Å². The summed E-state index contributed by atoms with van der Waals surface area (Å²) in [5.74, 6) is 0.129. The Balaban J connectivity index is 1.57. The molecule has 40 heavy (non-hydrogen) atoms. The maximum absolute atomic E-state index is 14.2. The van der Waals surface area contributed by atoms with Crippen molar-refractivity contribution >= 4 is 40.2 Å². The zero-order chi connectivity index (χ0) is 27.4. The Labute approximate surface area is 231 Å². The predicted octanol–water partition coefficient (Wildman–Crippen LogP) is 2.99. The molecule has 3 aliphatic rings. The van der Waals surface area contributed by atoms with Gasteiger partial charge in [0.05, 0.1) is 29.5 Å². The number of rotatable bonds is 4. The van der Waals surface area contributed by atoms with Crippen LogP contribution in [0.1, 0.15) is 29.7 Å². The number of aromatic nitrogens is 1. The summed E-state index contributed by atoms with van der Waals surface area (Å²) in [5, 5.41) is 2.84. The van der Waals surface area contributed by atoms with Crippen LogP contribution in [0, 0.1) is 0 Å². The molecule has 0 radical (unpaired) electrons. The summed E-state index contributed by atoms with van der Waals surface area (Å²) < 4.78 is 18.3. The van der Waals surface area contributed by atoms with E-state index in [-0.39, 0.29) is 35.0 Å². The molecule has 0 spiro atoms. The molecule has 1 atom stereocenters. The van der Waals surface area contributed by atoms with Gasteiger partial charge in [-0.05, 0) is 30.7 Å². The third-order valence-electron chi connectivity index (χ3n) is 6.96. The van der Waals surface area contributed by atoms with E-state index in [4.69, 9.17) is 19.2 Å². The zero-order valence-corrected chi connectivity index (χ0v) is 22.0. The summed E-state index contributed by atoms with van der Waals surface area (Å²) in [5.41, 5.74) is 3.06. The molecule has 1 amide bonds. The first-order valence-corrected chi connectivity index (χ1v) is 13.5. The van der Waals surface area contributed by atoms with Gasteiger partial charge >= 0.3 is 5.97 Å². The number of para-hydroxylation sites is 1. The molecule has 3 aromatic carbocycles. The van der Waals surface area contributed by atoms with Gasteiger partial charge in [0, 0.05) is 16.8 Å². The molecular formula is C30H21N3O6S. The number of nitrogens with one attached hydrogen (secondary N) is 1. The third-order valence-corrected chi connectivity index (χ3v) is 8.01. The Bertz CT molecular complexity index is 1940. The molecule has 7 rings (SSSR count). The van der Waals surface area contributed by atoms with Gasteiger partial charge in [0.1, 0.15) is 4.53 Å². The molecule has 0 bridgehead atoms. The van der Waals surface area contributed by atoms with Crippen LogP contribution in [-0.2, 0) is 14.3 Å². The van der Waals surface area contributed by atoms with Crippen LogP contribution in [0.25, 0.3) is 11.3 Å². The lowest BCUT2D eigenvalue weighted by Crippen LogP contribution is -2.40. The molecule has 4 heterocycles. The maximum atomic E-state index is 14.2. The van der Waals surface area contributed by atoms with E-state index in [0.717, 1.165) is 11.3 Å². The number of amides is 1. The highest BCUT2D eigenvalue weighted by atomic mass is 32.1. The van der Waals surface area contributed by atoms with Crippen LogP contribution in [0.2, 0.25) is 0 Å². The molecule has 1 N–H and O–H groups in total. The van der Waals surface area contributed by atoms with Crippen LogP contribution in [0.15, 0.2) is 88.2 Å². The summed E-state index contributed by atoms with van der Waals surface area (Å²) in [6.07, 6.45) is 0. The Hall–Kier alpha value is -4.96. The smallest absolute Gasteiger partial charge is 0.338 e. The number of hydrogen-bond donors (Lipinski definition) is 1. The summed E-state index contributed by atoms with van der Waals surface area (Å²) in [4.78, 5) is 46.1. The first kappa shape index (κ1) is 24.1. The number of carbonyl (C=O) groups excluding carboxylic acids is 2. The summed E-state index contributed by atoms with van der Waals surface area (Å²) >= 11 is 1.12. The topological polar surface area (TPSA) is 108 Å². The number of carbonyl (C=O) groups is 2. The number of fused-ring (bicyclic) bond motifs is 3. The average molecular weight is 552 g/mol. The van der Waals surface area contributed by atoms with Crippen LogP contribution >= 0.6 is 11.3 Å². The average Bonchev–Trinajstić information content (AvgIpc) is 3.66. The lowest BCUT2D eigenvalue weighted by molar-refractivity contribution is -0.138. The van der Waals surface area contributed by atoms with E-state index in [1.807, 2.05) is 42.5 Å². The van der Waals surface area contributed by atoms with Crippen molar-refractivity contribution in [2.75, 3.05) is 18.7 Å². The summed E-state index contributed by atoms with van der Waals surface area (Å²) in [7, 11) is 0. The van der Waals surface area contributed by atoms with E-state index in [9.17, 15) is 14.4 Å². The van der Waals surface area contributed by atoms with Crippen molar-refractivity contribution in [1.29, 1.82) is 0 Å². The highest BCUT2D eigenvalue weighted by molar-refractivity contribution is 7.07. The van der Waals surface area contributed by atoms with Gasteiger partial charge in [0.15, 0.2) is 16.3 Å². The number of anilines is 1. The number of ether oxygens (including phenoxy) is 3. The molecule has 9 nitrogen and oxygen atoms in total. The molecular weight excluding hydrogens is 530 g/mol. The minimum atomic E-state index is -0.894. The molecule has 0 aliphatic carbocycles. The van der Waals surface area contributed by atoms with E-state index in [1.54, 1.807) is 37.3 Å². The number of hydrogen-bond acceptors (Lipinski definition) is 8. The minimum Gasteiger partial charge on any atom is -0.463 e. The fraction of sp³-hybridized carbons (Fsp3) is 0.133. The monoisotopic (exact) mass is 551 g/mol. The molecule has 198 valence electrons. The van der Waals surface area contributed by atoms with Crippen molar-refractivity contribution in [2.45, 2.75) is 13.0 Å². The van der Waals surface area contributed by atoms with Crippen molar-refractivity contribution in [3.8, 4) is 11.5 Å². The van der Waals surface area contributed by atoms with Gasteiger partial charge in [-0.3, -0.25) is 14.2 Å². The normalized spacial score (nSPS) is 18.1. The van der Waals surface area contributed by atoms with Crippen LogP contribution in [0.3, 0.4) is 0 Å². The van der Waals surface area contributed by atoms with Crippen molar-refractivity contribution < 1.29 is 23.8 Å². The third kappa shape index (κ3) is 3.68. The van der Waals surface area contributed by atoms with Crippen molar-refractivity contribution in [3.63, 3.8) is 0 Å². The van der Waals surface area contributed by atoms with Crippen molar-refractivity contribution in [3.05, 3.63) is 115 Å². The molecule has 1 aromatic heterocycles. The van der Waals surface area contributed by atoms with Gasteiger partial charge < -0.3 is 19.5 Å². The van der Waals surface area contributed by atoms with Crippen molar-refractivity contribution in [2.24, 2.45) is 4.99 Å². The molecule has 10 heteroatoms. The number of esters is 1. The van der Waals surface area contributed by atoms with Crippen LogP contribution in [0.5, 0.6) is 11.5 Å². The highest BCUT2D eigenvalue weighted by Gasteiger charge is 2.37.